The van der Waals surface area contributed by atoms with Gasteiger partial charge in [0.15, 0.2) is 0 Å². The maximum Gasteiger partial charge on any atom is 0.300 e. The Hall–Kier alpha value is -3.78. The van der Waals surface area contributed by atoms with Gasteiger partial charge in [-0.05, 0) is 49.6 Å². The van der Waals surface area contributed by atoms with Crippen molar-refractivity contribution in [3.8, 4) is 17.2 Å². The summed E-state index contributed by atoms with van der Waals surface area (Å²) >= 11 is 1.39. The minimum absolute atomic E-state index is 0.0107. The van der Waals surface area contributed by atoms with E-state index in [0.29, 0.717) is 41.7 Å². The topological polar surface area (TPSA) is 85.3 Å². The van der Waals surface area contributed by atoms with E-state index in [1.54, 1.807) is 42.5 Å². The van der Waals surface area contributed by atoms with Crippen LogP contribution in [-0.2, 0) is 9.59 Å². The number of nitrogens with zero attached hydrogens (tertiary/aromatic N) is 1. The van der Waals surface area contributed by atoms with Crippen molar-refractivity contribution in [1.82, 2.24) is 0 Å². The number of hydrogen-bond donors (Lipinski definition) is 1. The van der Waals surface area contributed by atoms with E-state index < -0.39 is 17.7 Å². The van der Waals surface area contributed by atoms with Gasteiger partial charge in [0.05, 0.1) is 37.1 Å². The molecular formula is C26H25NO6S. The molecule has 1 amide bonds. The maximum absolute atomic E-state index is 13.3. The molecule has 1 unspecified atom stereocenters. The van der Waals surface area contributed by atoms with Crippen LogP contribution in [0, 0.1) is 0 Å². The van der Waals surface area contributed by atoms with Gasteiger partial charge in [-0.25, -0.2) is 0 Å². The van der Waals surface area contributed by atoms with Crippen molar-refractivity contribution in [3.63, 3.8) is 0 Å². The number of thiophene rings is 1. The molecule has 2 aromatic carbocycles. The molecule has 1 fully saturated rings. The van der Waals surface area contributed by atoms with Crippen LogP contribution in [0.5, 0.6) is 17.2 Å². The number of anilines is 1. The zero-order valence-corrected chi connectivity index (χ0v) is 19.9. The summed E-state index contributed by atoms with van der Waals surface area (Å²) in [5.74, 6) is -0.444. The summed E-state index contributed by atoms with van der Waals surface area (Å²) in [5, 5.41) is 13.3. The predicted octanol–water partition coefficient (Wildman–Crippen LogP) is 5.18. The van der Waals surface area contributed by atoms with E-state index in [-0.39, 0.29) is 11.3 Å². The fraction of sp³-hybridized carbons (Fsp3) is 0.231. The van der Waals surface area contributed by atoms with E-state index in [9.17, 15) is 14.7 Å². The molecule has 2 heterocycles. The largest absolute Gasteiger partial charge is 0.507 e. The van der Waals surface area contributed by atoms with Crippen LogP contribution in [0.25, 0.3) is 5.76 Å². The van der Waals surface area contributed by atoms with Gasteiger partial charge >= 0.3 is 0 Å². The number of Topliss-reactive ketones (excluding diaryl/α,β-unsaturated/α-hetero) is 1. The lowest BCUT2D eigenvalue weighted by Crippen LogP contribution is -2.29. The highest BCUT2D eigenvalue weighted by Crippen LogP contribution is 2.46. The minimum atomic E-state index is -0.822. The molecule has 1 saturated heterocycles. The molecule has 8 heteroatoms. The second-order valence-corrected chi connectivity index (χ2v) is 8.36. The first-order valence-corrected chi connectivity index (χ1v) is 11.8. The third-order valence-electron chi connectivity index (χ3n) is 5.42. The molecule has 0 aliphatic carbocycles. The summed E-state index contributed by atoms with van der Waals surface area (Å²) in [7, 11) is 1.50. The van der Waals surface area contributed by atoms with Crippen LogP contribution in [0.2, 0.25) is 0 Å². The third-order valence-corrected chi connectivity index (χ3v) is 6.35. The summed E-state index contributed by atoms with van der Waals surface area (Å²) in [6.07, 6.45) is 0. The number of ketones is 1. The zero-order chi connectivity index (χ0) is 24.2. The van der Waals surface area contributed by atoms with Crippen molar-refractivity contribution in [3.05, 3.63) is 76.0 Å². The minimum Gasteiger partial charge on any atom is -0.507 e. The van der Waals surface area contributed by atoms with Crippen LogP contribution in [0.15, 0.2) is 65.6 Å². The molecule has 34 heavy (non-hydrogen) atoms. The zero-order valence-electron chi connectivity index (χ0n) is 19.1. The standard InChI is InChI=1S/C26H25NO6S/c1-4-32-16-12-13-17(20(15-16)33-5-2)24(28)22-23(21-11-8-14-34-21)27(26(30)25(22)29)18-9-6-7-10-19(18)31-3/h6-15,23,28H,4-5H2,1-3H3/b24-22-. The lowest BCUT2D eigenvalue weighted by Gasteiger charge is -2.25. The van der Waals surface area contributed by atoms with Crippen molar-refractivity contribution < 1.29 is 28.9 Å². The number of hydrogen-bond acceptors (Lipinski definition) is 7. The quantitative estimate of drug-likeness (QED) is 0.272. The Morgan fingerprint density at radius 3 is 2.44 bits per heavy atom. The monoisotopic (exact) mass is 479 g/mol. The van der Waals surface area contributed by atoms with Crippen LogP contribution < -0.4 is 19.1 Å². The highest BCUT2D eigenvalue weighted by atomic mass is 32.1. The molecule has 0 bridgehead atoms. The number of carbonyl (C=O) groups excluding carboxylic acids is 2. The number of aliphatic hydroxyl groups excluding tert-OH is 1. The Morgan fingerprint density at radius 2 is 1.76 bits per heavy atom. The van der Waals surface area contributed by atoms with Crippen molar-refractivity contribution in [2.24, 2.45) is 0 Å². The van der Waals surface area contributed by atoms with Crippen LogP contribution >= 0.6 is 11.3 Å². The first-order valence-electron chi connectivity index (χ1n) is 10.9. The van der Waals surface area contributed by atoms with Gasteiger partial charge in [0, 0.05) is 10.9 Å². The summed E-state index contributed by atoms with van der Waals surface area (Å²) in [6, 6.07) is 14.8. The molecule has 7 nitrogen and oxygen atoms in total. The molecule has 1 aliphatic heterocycles. The van der Waals surface area contributed by atoms with E-state index in [1.807, 2.05) is 31.4 Å². The van der Waals surface area contributed by atoms with Crippen molar-refractivity contribution in [2.75, 3.05) is 25.2 Å². The Balaban J connectivity index is 1.93. The van der Waals surface area contributed by atoms with Crippen LogP contribution in [0.3, 0.4) is 0 Å². The van der Waals surface area contributed by atoms with E-state index in [4.69, 9.17) is 14.2 Å². The van der Waals surface area contributed by atoms with Gasteiger partial charge in [-0.3, -0.25) is 14.5 Å². The van der Waals surface area contributed by atoms with Crippen molar-refractivity contribution in [2.45, 2.75) is 19.9 Å². The first kappa shape index (κ1) is 23.4. The van der Waals surface area contributed by atoms with Crippen molar-refractivity contribution in [1.29, 1.82) is 0 Å². The molecule has 1 aliphatic rings. The first-order chi connectivity index (χ1) is 16.5. The number of benzene rings is 2. The Bertz CT molecular complexity index is 1230. The van der Waals surface area contributed by atoms with E-state index in [0.717, 1.165) is 4.88 Å². The molecule has 0 spiro atoms. The molecule has 0 radical (unpaired) electrons. The van der Waals surface area contributed by atoms with Gasteiger partial charge < -0.3 is 19.3 Å². The van der Waals surface area contributed by atoms with Crippen molar-refractivity contribution >= 4 is 34.5 Å². The Morgan fingerprint density at radius 1 is 1.00 bits per heavy atom. The molecule has 1 N–H and O–H groups in total. The lowest BCUT2D eigenvalue weighted by atomic mass is 9.99. The smallest absolute Gasteiger partial charge is 0.300 e. The number of para-hydroxylation sites is 2. The van der Waals surface area contributed by atoms with Gasteiger partial charge in [0.25, 0.3) is 11.7 Å². The Kier molecular flexibility index (Phi) is 6.88. The normalized spacial score (nSPS) is 17.1. The summed E-state index contributed by atoms with van der Waals surface area (Å²) in [5.41, 5.74) is 0.745. The average molecular weight is 480 g/mol. The number of carbonyl (C=O) groups is 2. The SMILES string of the molecule is CCOc1ccc(/C(O)=C2/C(=O)C(=O)N(c3ccccc3OC)C2c2cccs2)c(OCC)c1. The van der Waals surface area contributed by atoms with Gasteiger partial charge in [-0.1, -0.05) is 18.2 Å². The number of ether oxygens (including phenoxy) is 3. The van der Waals surface area contributed by atoms with Crippen LogP contribution in [0.1, 0.15) is 30.3 Å². The second-order valence-electron chi connectivity index (χ2n) is 7.38. The molecule has 0 saturated carbocycles. The fourth-order valence-electron chi connectivity index (χ4n) is 4.00. The third kappa shape index (κ3) is 4.12. The highest BCUT2D eigenvalue weighted by Gasteiger charge is 2.48. The fourth-order valence-corrected chi connectivity index (χ4v) is 4.82. The predicted molar refractivity (Wildman–Crippen MR) is 131 cm³/mol. The maximum atomic E-state index is 13.3. The van der Waals surface area contributed by atoms with E-state index in [2.05, 4.69) is 0 Å². The van der Waals surface area contributed by atoms with Gasteiger partial charge in [0.2, 0.25) is 0 Å². The molecule has 176 valence electrons. The number of amides is 1. The number of methoxy groups -OCH3 is 1. The molecule has 1 aromatic heterocycles. The van der Waals surface area contributed by atoms with Gasteiger partial charge in [0.1, 0.15) is 29.0 Å². The highest BCUT2D eigenvalue weighted by molar-refractivity contribution is 7.10. The van der Waals surface area contributed by atoms with E-state index in [1.165, 1.54) is 23.3 Å². The average Bonchev–Trinajstić information content (AvgIpc) is 3.46. The summed E-state index contributed by atoms with van der Waals surface area (Å²) < 4.78 is 16.8. The van der Waals surface area contributed by atoms with Crippen LogP contribution in [0.4, 0.5) is 5.69 Å². The van der Waals surface area contributed by atoms with Gasteiger partial charge in [-0.2, -0.15) is 0 Å². The molecule has 1 atom stereocenters. The summed E-state index contributed by atoms with van der Waals surface area (Å²) in [6.45, 7) is 4.51. The second kappa shape index (κ2) is 10.0. The van der Waals surface area contributed by atoms with E-state index >= 15 is 0 Å². The molecule has 3 aromatic rings. The summed E-state index contributed by atoms with van der Waals surface area (Å²) in [4.78, 5) is 28.8. The number of rotatable bonds is 8. The molecular weight excluding hydrogens is 454 g/mol. The lowest BCUT2D eigenvalue weighted by molar-refractivity contribution is -0.132. The Labute approximate surface area is 201 Å². The molecule has 4 rings (SSSR count). The van der Waals surface area contributed by atoms with Crippen LogP contribution in [-0.4, -0.2) is 37.1 Å². The van der Waals surface area contributed by atoms with Gasteiger partial charge in [-0.15, -0.1) is 11.3 Å². The number of aliphatic hydroxyl groups is 1.